The highest BCUT2D eigenvalue weighted by Gasteiger charge is 2.02. The Hall–Kier alpha value is -1.05. The summed E-state index contributed by atoms with van der Waals surface area (Å²) in [6.07, 6.45) is 1.92. The Morgan fingerprint density at radius 2 is 2.19 bits per heavy atom. The molecule has 0 aromatic carbocycles. The van der Waals surface area contributed by atoms with E-state index in [4.69, 9.17) is 10.6 Å². The molecule has 7 heteroatoms. The van der Waals surface area contributed by atoms with Crippen molar-refractivity contribution in [2.45, 2.75) is 12.1 Å². The quantitative estimate of drug-likeness (QED) is 0.216. The van der Waals surface area contributed by atoms with Crippen LogP contribution >= 0.6 is 11.8 Å². The van der Waals surface area contributed by atoms with Gasteiger partial charge in [0.05, 0.1) is 6.61 Å². The second-order valence-electron chi connectivity index (χ2n) is 2.89. The molecule has 0 atom stereocenters. The Morgan fingerprint density at radius 3 is 2.81 bits per heavy atom. The molecule has 1 aromatic rings. The fourth-order valence-electron chi connectivity index (χ4n) is 1.08. The SMILES string of the molecule is CCOCCNc1cc(NN)nc(SC)n1. The predicted molar refractivity (Wildman–Crippen MR) is 66.6 cm³/mol. The van der Waals surface area contributed by atoms with Gasteiger partial charge >= 0.3 is 0 Å². The number of nitrogen functional groups attached to an aromatic ring is 1. The standard InChI is InChI=1S/C9H17N5OS/c1-3-15-5-4-11-7-6-8(14-10)13-9(12-7)16-2/h6H,3-5,10H2,1-2H3,(H2,11,12,13,14). The van der Waals surface area contributed by atoms with Gasteiger partial charge in [0.25, 0.3) is 0 Å². The fraction of sp³-hybridized carbons (Fsp3) is 0.556. The van der Waals surface area contributed by atoms with E-state index in [-0.39, 0.29) is 0 Å². The normalized spacial score (nSPS) is 10.2. The minimum Gasteiger partial charge on any atom is -0.380 e. The first-order chi connectivity index (χ1) is 7.80. The molecule has 0 saturated heterocycles. The molecule has 0 amide bonds. The molecule has 0 unspecified atom stereocenters. The molecule has 6 nitrogen and oxygen atoms in total. The van der Waals surface area contributed by atoms with Crippen LogP contribution in [0.4, 0.5) is 11.6 Å². The van der Waals surface area contributed by atoms with E-state index < -0.39 is 0 Å². The van der Waals surface area contributed by atoms with Gasteiger partial charge in [0.1, 0.15) is 11.6 Å². The number of hydrogen-bond acceptors (Lipinski definition) is 7. The Kier molecular flexibility index (Phi) is 5.91. The van der Waals surface area contributed by atoms with Crippen molar-refractivity contribution in [1.82, 2.24) is 9.97 Å². The highest BCUT2D eigenvalue weighted by atomic mass is 32.2. The monoisotopic (exact) mass is 243 g/mol. The van der Waals surface area contributed by atoms with E-state index >= 15 is 0 Å². The van der Waals surface area contributed by atoms with Crippen LogP contribution in [0.5, 0.6) is 0 Å². The van der Waals surface area contributed by atoms with Gasteiger partial charge in [0.15, 0.2) is 5.16 Å². The van der Waals surface area contributed by atoms with Crippen LogP contribution in [0.15, 0.2) is 11.2 Å². The average Bonchev–Trinajstić information content (AvgIpc) is 2.34. The Bertz CT molecular complexity index is 301. The van der Waals surface area contributed by atoms with Crippen molar-refractivity contribution in [2.24, 2.45) is 5.84 Å². The van der Waals surface area contributed by atoms with Gasteiger partial charge in [-0.1, -0.05) is 11.8 Å². The second kappa shape index (κ2) is 7.26. The molecule has 16 heavy (non-hydrogen) atoms. The van der Waals surface area contributed by atoms with Crippen molar-refractivity contribution >= 4 is 23.4 Å². The third-order valence-corrected chi connectivity index (χ3v) is 2.34. The minimum atomic E-state index is 0.596. The van der Waals surface area contributed by atoms with Gasteiger partial charge in [-0.05, 0) is 13.2 Å². The zero-order valence-electron chi connectivity index (χ0n) is 9.49. The lowest BCUT2D eigenvalue weighted by molar-refractivity contribution is 0.158. The van der Waals surface area contributed by atoms with Crippen molar-refractivity contribution in [3.05, 3.63) is 6.07 Å². The summed E-state index contributed by atoms with van der Waals surface area (Å²) >= 11 is 1.47. The first kappa shape index (κ1) is 13.0. The van der Waals surface area contributed by atoms with Crippen molar-refractivity contribution in [3.8, 4) is 0 Å². The van der Waals surface area contributed by atoms with Gasteiger partial charge in [-0.2, -0.15) is 0 Å². The molecular formula is C9H17N5OS. The van der Waals surface area contributed by atoms with Gasteiger partial charge in [-0.15, -0.1) is 0 Å². The number of rotatable bonds is 7. The molecule has 0 bridgehead atoms. The Labute approximate surface area is 99.3 Å². The van der Waals surface area contributed by atoms with Gasteiger partial charge in [-0.3, -0.25) is 0 Å². The van der Waals surface area contributed by atoms with Crippen LogP contribution in [-0.2, 0) is 4.74 Å². The van der Waals surface area contributed by atoms with E-state index in [1.165, 1.54) is 11.8 Å². The summed E-state index contributed by atoms with van der Waals surface area (Å²) < 4.78 is 5.22. The summed E-state index contributed by atoms with van der Waals surface area (Å²) in [5.74, 6) is 6.65. The zero-order valence-corrected chi connectivity index (χ0v) is 10.3. The lowest BCUT2D eigenvalue weighted by Crippen LogP contribution is -2.13. The first-order valence-corrected chi connectivity index (χ1v) is 6.24. The smallest absolute Gasteiger partial charge is 0.191 e. The number of hydrazine groups is 1. The maximum Gasteiger partial charge on any atom is 0.191 e. The summed E-state index contributed by atoms with van der Waals surface area (Å²) in [5.41, 5.74) is 2.51. The minimum absolute atomic E-state index is 0.596. The van der Waals surface area contributed by atoms with Crippen LogP contribution < -0.4 is 16.6 Å². The Morgan fingerprint density at radius 1 is 1.44 bits per heavy atom. The molecule has 4 N–H and O–H groups in total. The van der Waals surface area contributed by atoms with Gasteiger partial charge in [-0.25, -0.2) is 15.8 Å². The van der Waals surface area contributed by atoms with E-state index in [1.54, 1.807) is 6.07 Å². The predicted octanol–water partition coefficient (Wildman–Crippen LogP) is 0.933. The van der Waals surface area contributed by atoms with Gasteiger partial charge < -0.3 is 15.5 Å². The summed E-state index contributed by atoms with van der Waals surface area (Å²) in [4.78, 5) is 8.45. The van der Waals surface area contributed by atoms with Crippen LogP contribution in [0.25, 0.3) is 0 Å². The van der Waals surface area contributed by atoms with Crippen molar-refractivity contribution in [1.29, 1.82) is 0 Å². The number of aromatic nitrogens is 2. The maximum atomic E-state index is 5.32. The van der Waals surface area contributed by atoms with Crippen LogP contribution in [0.1, 0.15) is 6.92 Å². The summed E-state index contributed by atoms with van der Waals surface area (Å²) in [5, 5.41) is 3.82. The molecule has 90 valence electrons. The number of nitrogens with zero attached hydrogens (tertiary/aromatic N) is 2. The van der Waals surface area contributed by atoms with Crippen LogP contribution in [0, 0.1) is 0 Å². The van der Waals surface area contributed by atoms with Crippen molar-refractivity contribution in [2.75, 3.05) is 36.8 Å². The molecule has 1 rings (SSSR count). The number of hydrogen-bond donors (Lipinski definition) is 3. The summed E-state index contributed by atoms with van der Waals surface area (Å²) in [6.45, 7) is 4.05. The van der Waals surface area contributed by atoms with Gasteiger partial charge in [0, 0.05) is 19.2 Å². The lowest BCUT2D eigenvalue weighted by Gasteiger charge is -2.08. The molecule has 0 fully saturated rings. The molecule has 0 aliphatic carbocycles. The van der Waals surface area contributed by atoms with E-state index in [1.807, 2.05) is 13.2 Å². The van der Waals surface area contributed by atoms with E-state index in [0.29, 0.717) is 24.1 Å². The molecule has 1 aromatic heterocycles. The number of anilines is 2. The summed E-state index contributed by atoms with van der Waals surface area (Å²) in [6, 6.07) is 1.76. The molecule has 0 aliphatic rings. The molecule has 0 spiro atoms. The highest BCUT2D eigenvalue weighted by molar-refractivity contribution is 7.98. The topological polar surface area (TPSA) is 85.1 Å². The summed E-state index contributed by atoms with van der Waals surface area (Å²) in [7, 11) is 0. The molecule has 0 radical (unpaired) electrons. The van der Waals surface area contributed by atoms with Gasteiger partial charge in [0.2, 0.25) is 0 Å². The van der Waals surface area contributed by atoms with Crippen LogP contribution in [0.2, 0.25) is 0 Å². The van der Waals surface area contributed by atoms with Crippen LogP contribution in [-0.4, -0.2) is 36.0 Å². The fourth-order valence-corrected chi connectivity index (χ4v) is 1.46. The van der Waals surface area contributed by atoms with E-state index in [2.05, 4.69) is 20.7 Å². The largest absolute Gasteiger partial charge is 0.380 e. The van der Waals surface area contributed by atoms with E-state index in [0.717, 1.165) is 12.4 Å². The third-order valence-electron chi connectivity index (χ3n) is 1.79. The third kappa shape index (κ3) is 4.21. The maximum absolute atomic E-state index is 5.32. The van der Waals surface area contributed by atoms with E-state index in [9.17, 15) is 0 Å². The first-order valence-electron chi connectivity index (χ1n) is 5.01. The zero-order chi connectivity index (χ0) is 11.8. The lowest BCUT2D eigenvalue weighted by atomic mass is 10.5. The number of nitrogens with one attached hydrogen (secondary N) is 2. The van der Waals surface area contributed by atoms with Crippen LogP contribution in [0.3, 0.4) is 0 Å². The number of ether oxygens (including phenoxy) is 1. The Balaban J connectivity index is 2.57. The average molecular weight is 243 g/mol. The molecule has 0 saturated carbocycles. The molecular weight excluding hydrogens is 226 g/mol. The molecule has 1 heterocycles. The van der Waals surface area contributed by atoms with Crippen molar-refractivity contribution < 1.29 is 4.74 Å². The van der Waals surface area contributed by atoms with Crippen molar-refractivity contribution in [3.63, 3.8) is 0 Å². The number of thioether (sulfide) groups is 1. The molecule has 0 aliphatic heterocycles. The highest BCUT2D eigenvalue weighted by Crippen LogP contribution is 2.16. The second-order valence-corrected chi connectivity index (χ2v) is 3.67. The number of nitrogens with two attached hydrogens (primary N) is 1.